The number of amides is 1. The minimum Gasteiger partial charge on any atom is -0.395 e. The first kappa shape index (κ1) is 17.3. The molecule has 0 unspecified atom stereocenters. The van der Waals surface area contributed by atoms with Gasteiger partial charge in [-0.3, -0.25) is 4.79 Å². The molecule has 1 amide bonds. The molecule has 132 valence electrons. The van der Waals surface area contributed by atoms with Crippen molar-refractivity contribution < 1.29 is 14.6 Å². The number of anilines is 1. The summed E-state index contributed by atoms with van der Waals surface area (Å²) in [5, 5.41) is 19.8. The first-order valence-electron chi connectivity index (χ1n) is 7.80. The Balaban J connectivity index is 1.71. The fourth-order valence-corrected chi connectivity index (χ4v) is 3.04. The van der Waals surface area contributed by atoms with E-state index < -0.39 is 0 Å². The first-order valence-corrected chi connectivity index (χ1v) is 8.61. The van der Waals surface area contributed by atoms with Gasteiger partial charge in [0, 0.05) is 31.3 Å². The second kappa shape index (κ2) is 8.06. The van der Waals surface area contributed by atoms with E-state index in [-0.39, 0.29) is 19.1 Å². The van der Waals surface area contributed by atoms with Crippen molar-refractivity contribution in [1.82, 2.24) is 19.9 Å². The number of methoxy groups -OCH3 is 1. The smallest absolute Gasteiger partial charge is 0.251 e. The van der Waals surface area contributed by atoms with Crippen LogP contribution in [0.5, 0.6) is 0 Å². The zero-order valence-electron chi connectivity index (χ0n) is 13.7. The first-order chi connectivity index (χ1) is 12.2. The Labute approximate surface area is 148 Å². The van der Waals surface area contributed by atoms with Gasteiger partial charge in [0.15, 0.2) is 0 Å². The van der Waals surface area contributed by atoms with Crippen LogP contribution < -0.4 is 10.6 Å². The Morgan fingerprint density at radius 1 is 1.32 bits per heavy atom. The van der Waals surface area contributed by atoms with Crippen LogP contribution in [0.2, 0.25) is 0 Å². The zero-order valence-corrected chi connectivity index (χ0v) is 14.5. The van der Waals surface area contributed by atoms with Crippen molar-refractivity contribution in [3.63, 3.8) is 0 Å². The molecule has 0 atom stereocenters. The van der Waals surface area contributed by atoms with Gasteiger partial charge >= 0.3 is 0 Å². The van der Waals surface area contributed by atoms with Gasteiger partial charge in [0.25, 0.3) is 5.91 Å². The molecule has 25 heavy (non-hydrogen) atoms. The van der Waals surface area contributed by atoms with Crippen molar-refractivity contribution in [2.24, 2.45) is 0 Å². The van der Waals surface area contributed by atoms with E-state index in [2.05, 4.69) is 20.7 Å². The molecule has 8 nitrogen and oxygen atoms in total. The molecule has 0 spiro atoms. The van der Waals surface area contributed by atoms with Crippen LogP contribution in [0.4, 0.5) is 5.13 Å². The molecule has 0 aliphatic heterocycles. The molecule has 0 saturated carbocycles. The summed E-state index contributed by atoms with van der Waals surface area (Å²) in [6.07, 6.45) is 1.86. The number of carbonyl (C=O) groups is 1. The Morgan fingerprint density at radius 3 is 2.80 bits per heavy atom. The number of hydrogen-bond donors (Lipinski definition) is 3. The SMILES string of the molecule is COCCNc1nn2cc(-c3ccc(C(=O)NCCO)cc3)nc2s1. The lowest BCUT2D eigenvalue weighted by Gasteiger charge is -2.03. The third-order valence-corrected chi connectivity index (χ3v) is 4.35. The van der Waals surface area contributed by atoms with Crippen LogP contribution in [0.1, 0.15) is 10.4 Å². The van der Waals surface area contributed by atoms with E-state index in [1.54, 1.807) is 23.8 Å². The van der Waals surface area contributed by atoms with Gasteiger partial charge in [-0.1, -0.05) is 23.5 Å². The van der Waals surface area contributed by atoms with Crippen LogP contribution in [-0.2, 0) is 4.74 Å². The fraction of sp³-hybridized carbons (Fsp3) is 0.312. The van der Waals surface area contributed by atoms with Gasteiger partial charge in [0.1, 0.15) is 0 Å². The van der Waals surface area contributed by atoms with E-state index in [1.165, 1.54) is 11.3 Å². The van der Waals surface area contributed by atoms with Crippen molar-refractivity contribution in [3.8, 4) is 11.3 Å². The zero-order chi connectivity index (χ0) is 17.6. The second-order valence-corrected chi connectivity index (χ2v) is 6.19. The van der Waals surface area contributed by atoms with Crippen molar-refractivity contribution >= 4 is 27.3 Å². The predicted octanol–water partition coefficient (Wildman–Crippen LogP) is 1.24. The van der Waals surface area contributed by atoms with Gasteiger partial charge in [0.05, 0.1) is 25.1 Å². The molecule has 0 fully saturated rings. The number of aromatic nitrogens is 3. The van der Waals surface area contributed by atoms with Gasteiger partial charge in [0.2, 0.25) is 10.1 Å². The molecular weight excluding hydrogens is 342 g/mol. The standard InChI is InChI=1S/C16H19N5O3S/c1-24-9-7-18-15-20-21-10-13(19-16(21)25-15)11-2-4-12(5-3-11)14(23)17-6-8-22/h2-5,10,22H,6-9H2,1H3,(H,17,23)(H,18,20). The summed E-state index contributed by atoms with van der Waals surface area (Å²) >= 11 is 1.47. The average molecular weight is 361 g/mol. The Hall–Kier alpha value is -2.49. The van der Waals surface area contributed by atoms with Crippen molar-refractivity contribution in [2.75, 3.05) is 38.7 Å². The second-order valence-electron chi connectivity index (χ2n) is 5.24. The van der Waals surface area contributed by atoms with E-state index in [4.69, 9.17) is 9.84 Å². The summed E-state index contributed by atoms with van der Waals surface area (Å²) < 4.78 is 6.73. The fourth-order valence-electron chi connectivity index (χ4n) is 2.23. The van der Waals surface area contributed by atoms with Crippen molar-refractivity contribution in [1.29, 1.82) is 0 Å². The maximum Gasteiger partial charge on any atom is 0.251 e. The normalized spacial score (nSPS) is 11.0. The highest BCUT2D eigenvalue weighted by atomic mass is 32.1. The minimum atomic E-state index is -0.208. The summed E-state index contributed by atoms with van der Waals surface area (Å²) in [4.78, 5) is 17.2. The predicted molar refractivity (Wildman–Crippen MR) is 96.1 cm³/mol. The third-order valence-electron chi connectivity index (χ3n) is 3.47. The third kappa shape index (κ3) is 4.13. The summed E-state index contributed by atoms with van der Waals surface area (Å²) in [7, 11) is 1.66. The maximum absolute atomic E-state index is 11.8. The van der Waals surface area contributed by atoms with E-state index in [0.717, 1.165) is 21.3 Å². The van der Waals surface area contributed by atoms with Gasteiger partial charge in [-0.2, -0.15) is 0 Å². The van der Waals surface area contributed by atoms with Crippen molar-refractivity contribution in [2.45, 2.75) is 0 Å². The van der Waals surface area contributed by atoms with Gasteiger partial charge in [-0.25, -0.2) is 9.50 Å². The van der Waals surface area contributed by atoms with E-state index >= 15 is 0 Å². The topological polar surface area (TPSA) is 101 Å². The molecule has 2 heterocycles. The molecule has 3 N–H and O–H groups in total. The van der Waals surface area contributed by atoms with Crippen molar-refractivity contribution in [3.05, 3.63) is 36.0 Å². The molecule has 0 aliphatic rings. The molecule has 3 rings (SSSR count). The van der Waals surface area contributed by atoms with Crippen LogP contribution >= 0.6 is 11.3 Å². The monoisotopic (exact) mass is 361 g/mol. The van der Waals surface area contributed by atoms with E-state index in [9.17, 15) is 4.79 Å². The summed E-state index contributed by atoms with van der Waals surface area (Å²) in [6, 6.07) is 7.16. The number of hydrogen-bond acceptors (Lipinski definition) is 7. The number of fused-ring (bicyclic) bond motifs is 1. The highest BCUT2D eigenvalue weighted by molar-refractivity contribution is 7.20. The summed E-state index contributed by atoms with van der Waals surface area (Å²) in [6.45, 7) is 1.47. The molecule has 9 heteroatoms. The molecule has 0 bridgehead atoms. The molecule has 0 saturated heterocycles. The highest BCUT2D eigenvalue weighted by Gasteiger charge is 2.11. The van der Waals surface area contributed by atoms with Crippen LogP contribution in [-0.4, -0.2) is 59.0 Å². The van der Waals surface area contributed by atoms with Crippen LogP contribution in [0.25, 0.3) is 16.2 Å². The summed E-state index contributed by atoms with van der Waals surface area (Å²) in [5.74, 6) is -0.208. The van der Waals surface area contributed by atoms with Crippen LogP contribution in [0.15, 0.2) is 30.5 Å². The number of benzene rings is 1. The molecular formula is C16H19N5O3S. The Morgan fingerprint density at radius 2 is 2.12 bits per heavy atom. The number of nitrogens with one attached hydrogen (secondary N) is 2. The van der Waals surface area contributed by atoms with Gasteiger partial charge < -0.3 is 20.5 Å². The number of aliphatic hydroxyl groups excluding tert-OH is 1. The highest BCUT2D eigenvalue weighted by Crippen LogP contribution is 2.24. The molecule has 2 aromatic heterocycles. The quantitative estimate of drug-likeness (QED) is 0.522. The lowest BCUT2D eigenvalue weighted by atomic mass is 10.1. The summed E-state index contributed by atoms with van der Waals surface area (Å²) in [5.41, 5.74) is 2.25. The number of carbonyl (C=O) groups excluding carboxylic acids is 1. The number of imidazole rings is 1. The number of nitrogens with zero attached hydrogens (tertiary/aromatic N) is 3. The van der Waals surface area contributed by atoms with E-state index in [1.807, 2.05) is 18.3 Å². The van der Waals surface area contributed by atoms with E-state index in [0.29, 0.717) is 18.7 Å². The lowest BCUT2D eigenvalue weighted by Crippen LogP contribution is -2.26. The molecule has 0 radical (unpaired) electrons. The maximum atomic E-state index is 11.8. The Kier molecular flexibility index (Phi) is 5.59. The van der Waals surface area contributed by atoms with Crippen LogP contribution in [0.3, 0.4) is 0 Å². The Bertz CT molecular complexity index is 812. The number of aliphatic hydroxyl groups is 1. The minimum absolute atomic E-state index is 0.0788. The number of rotatable bonds is 8. The van der Waals surface area contributed by atoms with Crippen LogP contribution in [0, 0.1) is 0 Å². The molecule has 1 aromatic carbocycles. The van der Waals surface area contributed by atoms with Gasteiger partial charge in [-0.15, -0.1) is 5.10 Å². The largest absolute Gasteiger partial charge is 0.395 e. The average Bonchev–Trinajstić information content (AvgIpc) is 3.18. The lowest BCUT2D eigenvalue weighted by molar-refractivity contribution is 0.0945. The number of ether oxygens (including phenoxy) is 1. The van der Waals surface area contributed by atoms with Gasteiger partial charge in [-0.05, 0) is 12.1 Å². The molecule has 0 aliphatic carbocycles. The molecule has 3 aromatic rings.